The molecule has 0 fully saturated rings. The lowest BCUT2D eigenvalue weighted by Crippen LogP contribution is -2.45. The van der Waals surface area contributed by atoms with Crippen LogP contribution in [-0.4, -0.2) is 49.9 Å². The second kappa shape index (κ2) is 13.2. The molecule has 1 aromatic carbocycles. The molecule has 0 aliphatic carbocycles. The SMILES string of the molecule is C=CC[C@@](OCc1ccccc1)(c1nnc(-c2nc(O)c(C(F)(F)F)cc2N(C(=O)OC(C)(C)C)C(=O)OC(C)(C)C)o1)C(F)(F)F. The largest absolute Gasteiger partial charge is 0.493 e. The van der Waals surface area contributed by atoms with Crippen LogP contribution in [0.5, 0.6) is 5.88 Å². The van der Waals surface area contributed by atoms with Crippen LogP contribution in [0.2, 0.25) is 0 Å². The van der Waals surface area contributed by atoms with Crippen molar-refractivity contribution in [3.8, 4) is 17.5 Å². The van der Waals surface area contributed by atoms with Crippen LogP contribution in [0.1, 0.15) is 65.0 Å². The molecule has 47 heavy (non-hydrogen) atoms. The van der Waals surface area contributed by atoms with Gasteiger partial charge in [0.15, 0.2) is 5.69 Å². The molecule has 0 aliphatic heterocycles. The fourth-order valence-electron chi connectivity index (χ4n) is 3.91. The predicted molar refractivity (Wildman–Crippen MR) is 153 cm³/mol. The number of hydrogen-bond donors (Lipinski definition) is 1. The van der Waals surface area contributed by atoms with Crippen LogP contribution in [0, 0.1) is 0 Å². The van der Waals surface area contributed by atoms with E-state index in [-0.39, 0.29) is 11.0 Å². The number of alkyl halides is 6. The Morgan fingerprint density at radius 1 is 0.936 bits per heavy atom. The number of imide groups is 1. The van der Waals surface area contributed by atoms with Crippen molar-refractivity contribution >= 4 is 17.9 Å². The molecular weight excluding hydrogens is 642 g/mol. The number of rotatable bonds is 8. The summed E-state index contributed by atoms with van der Waals surface area (Å²) in [6, 6.07) is 7.91. The number of ether oxygens (including phenoxy) is 3. The van der Waals surface area contributed by atoms with Gasteiger partial charge in [0, 0.05) is 6.42 Å². The highest BCUT2D eigenvalue weighted by Gasteiger charge is 2.61. The van der Waals surface area contributed by atoms with E-state index in [4.69, 9.17) is 18.6 Å². The minimum atomic E-state index is -5.29. The summed E-state index contributed by atoms with van der Waals surface area (Å²) in [6.45, 7) is 11.1. The quantitative estimate of drug-likeness (QED) is 0.184. The van der Waals surface area contributed by atoms with Crippen molar-refractivity contribution in [3.63, 3.8) is 0 Å². The number of aromatic hydroxyl groups is 1. The first-order chi connectivity index (χ1) is 21.5. The van der Waals surface area contributed by atoms with Crippen molar-refractivity contribution in [2.45, 2.75) is 83.7 Å². The molecule has 0 spiro atoms. The summed E-state index contributed by atoms with van der Waals surface area (Å²) in [4.78, 5) is 30.0. The first kappa shape index (κ1) is 36.8. The first-order valence-electron chi connectivity index (χ1n) is 13.8. The number of aromatic nitrogens is 3. The second-order valence-electron chi connectivity index (χ2n) is 12.0. The van der Waals surface area contributed by atoms with Gasteiger partial charge in [-0.25, -0.2) is 14.6 Å². The molecule has 3 rings (SSSR count). The Morgan fingerprint density at radius 2 is 1.49 bits per heavy atom. The smallest absolute Gasteiger partial charge is 0.426 e. The van der Waals surface area contributed by atoms with E-state index in [1.165, 1.54) is 53.7 Å². The summed E-state index contributed by atoms with van der Waals surface area (Å²) in [5.74, 6) is -3.93. The number of halogens is 6. The van der Waals surface area contributed by atoms with E-state index < -0.39 is 89.0 Å². The van der Waals surface area contributed by atoms with Crippen molar-refractivity contribution in [2.75, 3.05) is 4.90 Å². The average molecular weight is 675 g/mol. The normalized spacial score (nSPS) is 13.9. The third-order valence-electron chi connectivity index (χ3n) is 5.87. The molecule has 1 atom stereocenters. The number of anilines is 1. The molecule has 2 aromatic heterocycles. The van der Waals surface area contributed by atoms with E-state index in [1.54, 1.807) is 18.2 Å². The zero-order valence-electron chi connectivity index (χ0n) is 26.1. The van der Waals surface area contributed by atoms with Gasteiger partial charge in [-0.05, 0) is 53.2 Å². The minimum Gasteiger partial charge on any atom is -0.493 e. The Hall–Kier alpha value is -4.67. The average Bonchev–Trinajstić information content (AvgIpc) is 3.39. The molecule has 0 radical (unpaired) electrons. The maximum absolute atomic E-state index is 14.7. The summed E-state index contributed by atoms with van der Waals surface area (Å²) in [7, 11) is 0. The van der Waals surface area contributed by atoms with E-state index in [0.29, 0.717) is 5.56 Å². The number of carbonyl (C=O) groups excluding carboxylic acids is 2. The lowest BCUT2D eigenvalue weighted by molar-refractivity contribution is -0.295. The van der Waals surface area contributed by atoms with Gasteiger partial charge in [-0.1, -0.05) is 36.4 Å². The van der Waals surface area contributed by atoms with E-state index in [1.807, 2.05) is 0 Å². The molecule has 0 unspecified atom stereocenters. The zero-order valence-corrected chi connectivity index (χ0v) is 26.1. The number of amides is 2. The van der Waals surface area contributed by atoms with Crippen molar-refractivity contribution in [1.29, 1.82) is 0 Å². The number of hydrogen-bond acceptors (Lipinski definition) is 10. The van der Waals surface area contributed by atoms with E-state index in [2.05, 4.69) is 21.8 Å². The molecule has 1 N–H and O–H groups in total. The van der Waals surface area contributed by atoms with Gasteiger partial charge in [0.05, 0.1) is 12.3 Å². The highest BCUT2D eigenvalue weighted by molar-refractivity contribution is 6.11. The Morgan fingerprint density at radius 3 is 1.96 bits per heavy atom. The zero-order chi connectivity index (χ0) is 35.6. The van der Waals surface area contributed by atoms with E-state index in [0.717, 1.165) is 6.08 Å². The van der Waals surface area contributed by atoms with Gasteiger partial charge in [-0.2, -0.15) is 31.2 Å². The van der Waals surface area contributed by atoms with Crippen LogP contribution < -0.4 is 4.90 Å². The molecule has 256 valence electrons. The fraction of sp³-hybridized carbons (Fsp3) is 0.433. The van der Waals surface area contributed by atoms with Gasteiger partial charge >= 0.3 is 24.5 Å². The van der Waals surface area contributed by atoms with Crippen molar-refractivity contribution in [2.24, 2.45) is 0 Å². The number of benzene rings is 1. The lowest BCUT2D eigenvalue weighted by Gasteiger charge is -2.31. The van der Waals surface area contributed by atoms with Crippen LogP contribution in [0.25, 0.3) is 11.6 Å². The molecule has 11 nitrogen and oxygen atoms in total. The topological polar surface area (TPSA) is 137 Å². The summed E-state index contributed by atoms with van der Waals surface area (Å²) in [6.07, 6.45) is -13.7. The fourth-order valence-corrected chi connectivity index (χ4v) is 3.91. The van der Waals surface area contributed by atoms with Crippen LogP contribution in [-0.2, 0) is 32.6 Å². The van der Waals surface area contributed by atoms with Crippen molar-refractivity contribution in [1.82, 2.24) is 15.2 Å². The second-order valence-corrected chi connectivity index (χ2v) is 12.0. The number of nitrogens with zero attached hydrogens (tertiary/aromatic N) is 4. The van der Waals surface area contributed by atoms with Gasteiger partial charge in [-0.3, -0.25) is 0 Å². The molecule has 3 aromatic rings. The molecule has 0 aliphatic rings. The summed E-state index contributed by atoms with van der Waals surface area (Å²) in [5.41, 5.74) is -9.48. The summed E-state index contributed by atoms with van der Waals surface area (Å²) >= 11 is 0. The lowest BCUT2D eigenvalue weighted by atomic mass is 9.98. The first-order valence-corrected chi connectivity index (χ1v) is 13.8. The predicted octanol–water partition coefficient (Wildman–Crippen LogP) is 8.08. The maximum Gasteiger partial charge on any atom is 0.426 e. The molecule has 0 bridgehead atoms. The molecule has 17 heteroatoms. The van der Waals surface area contributed by atoms with Crippen LogP contribution in [0.15, 0.2) is 53.5 Å². The summed E-state index contributed by atoms with van der Waals surface area (Å²) < 4.78 is 107. The molecule has 2 amide bonds. The van der Waals surface area contributed by atoms with Crippen molar-refractivity contribution in [3.05, 3.63) is 66.1 Å². The Bertz CT molecular complexity index is 1570. The van der Waals surface area contributed by atoms with Crippen molar-refractivity contribution < 1.29 is 59.7 Å². The van der Waals surface area contributed by atoms with Crippen LogP contribution in [0.3, 0.4) is 0 Å². The highest BCUT2D eigenvalue weighted by atomic mass is 19.4. The van der Waals surface area contributed by atoms with Gasteiger partial charge in [0.1, 0.15) is 16.8 Å². The van der Waals surface area contributed by atoms with Gasteiger partial charge in [-0.15, -0.1) is 16.8 Å². The third kappa shape index (κ3) is 8.78. The van der Waals surface area contributed by atoms with Crippen LogP contribution >= 0.6 is 0 Å². The van der Waals surface area contributed by atoms with E-state index >= 15 is 0 Å². The molecule has 2 heterocycles. The number of carbonyl (C=O) groups is 2. The maximum atomic E-state index is 14.7. The molecule has 0 saturated carbocycles. The Labute approximate surface area is 265 Å². The monoisotopic (exact) mass is 674 g/mol. The molecular formula is C30H32F6N4O7. The number of pyridine rings is 1. The van der Waals surface area contributed by atoms with Gasteiger partial charge < -0.3 is 23.7 Å². The van der Waals surface area contributed by atoms with Gasteiger partial charge in [0.25, 0.3) is 11.8 Å². The Kier molecular flexibility index (Phi) is 10.3. The minimum absolute atomic E-state index is 0.0179. The molecule has 0 saturated heterocycles. The van der Waals surface area contributed by atoms with Crippen LogP contribution in [0.4, 0.5) is 41.6 Å². The third-order valence-corrected chi connectivity index (χ3v) is 5.87. The van der Waals surface area contributed by atoms with Gasteiger partial charge in [0.2, 0.25) is 11.5 Å². The standard InChI is InChI=1S/C30H32F6N4O7/c1-8-14-28(30(34,35)36,44-16-17-12-10-9-11-13-17)23-39-38-22(45-23)20-19(15-18(21(41)37-20)29(31,32)33)40(24(42)46-26(2,3)4)25(43)47-27(5,6)7/h8-13,15H,1,14,16H2,2-7H3,(H,37,41)/t28-/m1/s1. The Balaban J connectivity index is 2.31. The summed E-state index contributed by atoms with van der Waals surface area (Å²) in [5, 5.41) is 17.2. The highest BCUT2D eigenvalue weighted by Crippen LogP contribution is 2.47. The van der Waals surface area contributed by atoms with E-state index in [9.17, 15) is 41.0 Å².